The van der Waals surface area contributed by atoms with Gasteiger partial charge >= 0.3 is 0 Å². The van der Waals surface area contributed by atoms with Crippen LogP contribution in [0, 0.1) is 5.92 Å². The standard InChI is InChI=1S/C14H26N4O2S/c1-4-6-17-11-13(9-16-17)8-15-14-5-7-18(10-12(14)2)21(3,19)20/h9,11-12,14-15H,4-8,10H2,1-3H3/t12-,14-/m1/s1. The molecule has 1 fully saturated rings. The highest BCUT2D eigenvalue weighted by atomic mass is 32.2. The lowest BCUT2D eigenvalue weighted by molar-refractivity contribution is 0.220. The van der Waals surface area contributed by atoms with E-state index in [0.717, 1.165) is 25.9 Å². The van der Waals surface area contributed by atoms with E-state index in [9.17, 15) is 8.42 Å². The van der Waals surface area contributed by atoms with Gasteiger partial charge in [-0.05, 0) is 18.8 Å². The van der Waals surface area contributed by atoms with Gasteiger partial charge in [-0.1, -0.05) is 13.8 Å². The Bertz CT molecular complexity index is 555. The molecule has 0 spiro atoms. The van der Waals surface area contributed by atoms with Crippen LogP contribution in [0.4, 0.5) is 0 Å². The zero-order valence-electron chi connectivity index (χ0n) is 13.1. The highest BCUT2D eigenvalue weighted by molar-refractivity contribution is 7.88. The molecule has 2 rings (SSSR count). The fourth-order valence-corrected chi connectivity index (χ4v) is 3.75. The molecule has 120 valence electrons. The van der Waals surface area contributed by atoms with Crippen LogP contribution in [0.2, 0.25) is 0 Å². The van der Waals surface area contributed by atoms with Gasteiger partial charge < -0.3 is 5.32 Å². The van der Waals surface area contributed by atoms with Crippen LogP contribution in [0.3, 0.4) is 0 Å². The Morgan fingerprint density at radius 3 is 2.86 bits per heavy atom. The average molecular weight is 314 g/mol. The summed E-state index contributed by atoms with van der Waals surface area (Å²) in [6.45, 7) is 7.19. The molecule has 2 heterocycles. The quantitative estimate of drug-likeness (QED) is 0.852. The number of aryl methyl sites for hydroxylation is 1. The molecular weight excluding hydrogens is 288 g/mol. The molecule has 1 N–H and O–H groups in total. The number of hydrogen-bond donors (Lipinski definition) is 1. The summed E-state index contributed by atoms with van der Waals surface area (Å²) in [5.74, 6) is 0.319. The Hall–Kier alpha value is -0.920. The van der Waals surface area contributed by atoms with Crippen molar-refractivity contribution in [1.82, 2.24) is 19.4 Å². The lowest BCUT2D eigenvalue weighted by Crippen LogP contribution is -2.49. The van der Waals surface area contributed by atoms with E-state index in [2.05, 4.69) is 30.5 Å². The normalized spacial score (nSPS) is 24.3. The minimum absolute atomic E-state index is 0.319. The minimum atomic E-state index is -3.06. The minimum Gasteiger partial charge on any atom is -0.309 e. The molecule has 6 nitrogen and oxygen atoms in total. The van der Waals surface area contributed by atoms with E-state index >= 15 is 0 Å². The van der Waals surface area contributed by atoms with Gasteiger partial charge in [-0.2, -0.15) is 5.10 Å². The zero-order chi connectivity index (χ0) is 15.5. The molecule has 1 aromatic heterocycles. The first-order valence-corrected chi connectivity index (χ1v) is 9.44. The number of aromatic nitrogens is 2. The van der Waals surface area contributed by atoms with E-state index < -0.39 is 10.0 Å². The smallest absolute Gasteiger partial charge is 0.211 e. The van der Waals surface area contributed by atoms with Crippen LogP contribution < -0.4 is 5.32 Å². The Morgan fingerprint density at radius 1 is 1.48 bits per heavy atom. The van der Waals surface area contributed by atoms with Crippen molar-refractivity contribution in [2.24, 2.45) is 5.92 Å². The van der Waals surface area contributed by atoms with E-state index in [4.69, 9.17) is 0 Å². The first-order chi connectivity index (χ1) is 9.90. The van der Waals surface area contributed by atoms with Gasteiger partial charge in [0.05, 0.1) is 12.5 Å². The summed E-state index contributed by atoms with van der Waals surface area (Å²) in [5.41, 5.74) is 1.18. The Kier molecular flexibility index (Phi) is 5.40. The second kappa shape index (κ2) is 6.89. The first-order valence-electron chi connectivity index (χ1n) is 7.60. The molecule has 1 aliphatic heterocycles. The third-order valence-corrected chi connectivity index (χ3v) is 5.31. The second-order valence-corrected chi connectivity index (χ2v) is 7.97. The van der Waals surface area contributed by atoms with Crippen LogP contribution in [0.15, 0.2) is 12.4 Å². The van der Waals surface area contributed by atoms with E-state index in [1.165, 1.54) is 11.8 Å². The highest BCUT2D eigenvalue weighted by Gasteiger charge is 2.29. The van der Waals surface area contributed by atoms with Gasteiger partial charge in [0.1, 0.15) is 0 Å². The molecule has 0 unspecified atom stereocenters. The van der Waals surface area contributed by atoms with Crippen LogP contribution >= 0.6 is 0 Å². The molecule has 0 bridgehead atoms. The van der Waals surface area contributed by atoms with Gasteiger partial charge in [-0.25, -0.2) is 12.7 Å². The molecule has 0 amide bonds. The summed E-state index contributed by atoms with van der Waals surface area (Å²) in [4.78, 5) is 0. The summed E-state index contributed by atoms with van der Waals surface area (Å²) in [5, 5.41) is 7.86. The number of sulfonamides is 1. The topological polar surface area (TPSA) is 67.2 Å². The zero-order valence-corrected chi connectivity index (χ0v) is 13.9. The maximum atomic E-state index is 11.6. The van der Waals surface area contributed by atoms with Crippen molar-refractivity contribution in [3.63, 3.8) is 0 Å². The predicted octanol–water partition coefficient (Wildman–Crippen LogP) is 1.05. The molecule has 21 heavy (non-hydrogen) atoms. The van der Waals surface area contributed by atoms with Gasteiger partial charge in [0.2, 0.25) is 10.0 Å². The van der Waals surface area contributed by atoms with Crippen LogP contribution in [0.25, 0.3) is 0 Å². The summed E-state index contributed by atoms with van der Waals surface area (Å²) in [6, 6.07) is 0.359. The van der Waals surface area contributed by atoms with Gasteiger partial charge in [-0.3, -0.25) is 4.68 Å². The van der Waals surface area contributed by atoms with Gasteiger partial charge in [-0.15, -0.1) is 0 Å². The largest absolute Gasteiger partial charge is 0.309 e. The monoisotopic (exact) mass is 314 g/mol. The van der Waals surface area contributed by atoms with Crippen molar-refractivity contribution >= 4 is 10.0 Å². The van der Waals surface area contributed by atoms with Crippen molar-refractivity contribution in [3.05, 3.63) is 18.0 Å². The molecular formula is C14H26N4O2S. The van der Waals surface area contributed by atoms with Crippen molar-refractivity contribution < 1.29 is 8.42 Å². The van der Waals surface area contributed by atoms with Gasteiger partial charge in [0, 0.05) is 44.0 Å². The highest BCUT2D eigenvalue weighted by Crippen LogP contribution is 2.19. The molecule has 1 aromatic rings. The van der Waals surface area contributed by atoms with Gasteiger partial charge in [0.15, 0.2) is 0 Å². The number of nitrogens with one attached hydrogen (secondary N) is 1. The van der Waals surface area contributed by atoms with E-state index in [-0.39, 0.29) is 0 Å². The number of piperidine rings is 1. The lowest BCUT2D eigenvalue weighted by atomic mass is 9.95. The molecule has 2 atom stereocenters. The van der Waals surface area contributed by atoms with Crippen molar-refractivity contribution in [3.8, 4) is 0 Å². The molecule has 0 saturated carbocycles. The molecule has 0 aromatic carbocycles. The third-order valence-electron chi connectivity index (χ3n) is 4.04. The van der Waals surface area contributed by atoms with Crippen LogP contribution in [-0.2, 0) is 23.1 Å². The van der Waals surface area contributed by atoms with Crippen molar-refractivity contribution in [2.45, 2.75) is 45.8 Å². The summed E-state index contributed by atoms with van der Waals surface area (Å²) in [6.07, 6.45) is 7.20. The fraction of sp³-hybridized carbons (Fsp3) is 0.786. The van der Waals surface area contributed by atoms with Crippen LogP contribution in [-0.4, -0.2) is 47.9 Å². The number of rotatable bonds is 6. The number of nitrogens with zero attached hydrogens (tertiary/aromatic N) is 3. The average Bonchev–Trinajstić information content (AvgIpc) is 2.84. The summed E-state index contributed by atoms with van der Waals surface area (Å²) in [7, 11) is -3.06. The summed E-state index contributed by atoms with van der Waals surface area (Å²) < 4.78 is 26.7. The Labute approximate surface area is 127 Å². The van der Waals surface area contributed by atoms with Crippen molar-refractivity contribution in [2.75, 3.05) is 19.3 Å². The van der Waals surface area contributed by atoms with Crippen molar-refractivity contribution in [1.29, 1.82) is 0 Å². The number of hydrogen-bond acceptors (Lipinski definition) is 4. The molecule has 1 aliphatic rings. The fourth-order valence-electron chi connectivity index (χ4n) is 2.81. The maximum Gasteiger partial charge on any atom is 0.211 e. The molecule has 0 radical (unpaired) electrons. The Balaban J connectivity index is 1.84. The van der Waals surface area contributed by atoms with E-state index in [1.807, 2.05) is 10.9 Å². The summed E-state index contributed by atoms with van der Waals surface area (Å²) >= 11 is 0. The molecule has 0 aliphatic carbocycles. The third kappa shape index (κ3) is 4.52. The van der Waals surface area contributed by atoms with Gasteiger partial charge in [0.25, 0.3) is 0 Å². The molecule has 7 heteroatoms. The SMILES string of the molecule is CCCn1cc(CN[C@@H]2CCN(S(C)(=O)=O)C[C@H]2C)cn1. The lowest BCUT2D eigenvalue weighted by Gasteiger charge is -2.36. The van der Waals surface area contributed by atoms with Crippen LogP contribution in [0.5, 0.6) is 0 Å². The van der Waals surface area contributed by atoms with Crippen LogP contribution in [0.1, 0.15) is 32.3 Å². The Morgan fingerprint density at radius 2 is 2.24 bits per heavy atom. The second-order valence-electron chi connectivity index (χ2n) is 5.99. The first kappa shape index (κ1) is 16.5. The maximum absolute atomic E-state index is 11.6. The molecule has 1 saturated heterocycles. The predicted molar refractivity (Wildman–Crippen MR) is 83.3 cm³/mol. The van der Waals surface area contributed by atoms with E-state index in [0.29, 0.717) is 25.0 Å². The van der Waals surface area contributed by atoms with E-state index in [1.54, 1.807) is 4.31 Å².